The van der Waals surface area contributed by atoms with Gasteiger partial charge in [0.1, 0.15) is 0 Å². The van der Waals surface area contributed by atoms with Crippen LogP contribution in [0.4, 0.5) is 0 Å². The van der Waals surface area contributed by atoms with Crippen molar-refractivity contribution < 1.29 is 13.2 Å². The number of nitrogens with one attached hydrogen (secondary N) is 1. The van der Waals surface area contributed by atoms with E-state index in [1.165, 1.54) is 18.6 Å². The molecule has 0 bridgehead atoms. The minimum atomic E-state index is -3.86. The highest BCUT2D eigenvalue weighted by Crippen LogP contribution is 2.39. The quantitative estimate of drug-likeness (QED) is 0.815. The summed E-state index contributed by atoms with van der Waals surface area (Å²) in [5.74, 6) is -0.291. The van der Waals surface area contributed by atoms with E-state index in [-0.39, 0.29) is 21.8 Å². The summed E-state index contributed by atoms with van der Waals surface area (Å²) in [5, 5.41) is 2.85. The molecule has 0 radical (unpaired) electrons. The second kappa shape index (κ2) is 5.66. The first-order valence-electron chi connectivity index (χ1n) is 6.23. The third-order valence-corrected chi connectivity index (χ3v) is 5.44. The van der Waals surface area contributed by atoms with Crippen molar-refractivity contribution in [3.63, 3.8) is 0 Å². The van der Waals surface area contributed by atoms with Crippen molar-refractivity contribution in [2.75, 3.05) is 6.54 Å². The molecule has 4 nitrogen and oxygen atoms in total. The molecule has 0 unspecified atom stereocenters. The Morgan fingerprint density at radius 1 is 1.40 bits per heavy atom. The zero-order valence-corrected chi connectivity index (χ0v) is 14.1. The highest BCUT2D eigenvalue weighted by atomic mass is 79.9. The minimum absolute atomic E-state index is 0.0893. The molecule has 2 rings (SSSR count). The lowest BCUT2D eigenvalue weighted by molar-refractivity contribution is 0.0890. The highest BCUT2D eigenvalue weighted by molar-refractivity contribution is 9.10. The maximum atomic E-state index is 12.1. The lowest BCUT2D eigenvalue weighted by Gasteiger charge is -2.38. The van der Waals surface area contributed by atoms with Crippen LogP contribution in [0.15, 0.2) is 27.6 Å². The molecule has 1 aromatic rings. The lowest BCUT2D eigenvalue weighted by Crippen LogP contribution is -2.39. The molecule has 110 valence electrons. The summed E-state index contributed by atoms with van der Waals surface area (Å²) in [6.45, 7) is 2.73. The molecule has 1 aliphatic carbocycles. The average Bonchev–Trinajstić information content (AvgIpc) is 2.31. The van der Waals surface area contributed by atoms with Gasteiger partial charge in [0.15, 0.2) is 0 Å². The molecule has 0 spiro atoms. The van der Waals surface area contributed by atoms with E-state index in [4.69, 9.17) is 10.7 Å². The topological polar surface area (TPSA) is 63.2 Å². The highest BCUT2D eigenvalue weighted by Gasteiger charge is 2.32. The molecule has 0 saturated heterocycles. The van der Waals surface area contributed by atoms with Crippen molar-refractivity contribution in [2.45, 2.75) is 31.1 Å². The van der Waals surface area contributed by atoms with Crippen LogP contribution in [-0.2, 0) is 9.05 Å². The number of hydrogen-bond acceptors (Lipinski definition) is 3. The lowest BCUT2D eigenvalue weighted by atomic mass is 9.70. The van der Waals surface area contributed by atoms with Crippen LogP contribution in [-0.4, -0.2) is 20.9 Å². The van der Waals surface area contributed by atoms with E-state index in [1.807, 2.05) is 0 Å². The fraction of sp³-hybridized carbons (Fsp3) is 0.462. The summed E-state index contributed by atoms with van der Waals surface area (Å²) in [6.07, 6.45) is 3.40. The molecule has 0 aliphatic heterocycles. The fourth-order valence-corrected chi connectivity index (χ4v) is 3.63. The van der Waals surface area contributed by atoms with Crippen molar-refractivity contribution in [1.82, 2.24) is 5.32 Å². The van der Waals surface area contributed by atoms with Gasteiger partial charge in [0.25, 0.3) is 15.0 Å². The molecule has 1 aliphatic rings. The number of amides is 1. The molecule has 1 saturated carbocycles. The van der Waals surface area contributed by atoms with E-state index >= 15 is 0 Å². The van der Waals surface area contributed by atoms with Gasteiger partial charge >= 0.3 is 0 Å². The third-order valence-electron chi connectivity index (χ3n) is 3.65. The first-order chi connectivity index (χ1) is 9.20. The zero-order chi connectivity index (χ0) is 15.0. The van der Waals surface area contributed by atoms with Gasteiger partial charge in [-0.05, 0) is 36.5 Å². The molecule has 1 aromatic carbocycles. The minimum Gasteiger partial charge on any atom is -0.351 e. The van der Waals surface area contributed by atoms with Gasteiger partial charge in [0.2, 0.25) is 0 Å². The predicted molar refractivity (Wildman–Crippen MR) is 81.5 cm³/mol. The largest absolute Gasteiger partial charge is 0.351 e. The van der Waals surface area contributed by atoms with Gasteiger partial charge in [0, 0.05) is 27.3 Å². The molecule has 20 heavy (non-hydrogen) atoms. The first-order valence-corrected chi connectivity index (χ1v) is 9.33. The Hall–Kier alpha value is -0.590. The summed E-state index contributed by atoms with van der Waals surface area (Å²) < 4.78 is 23.2. The van der Waals surface area contributed by atoms with Gasteiger partial charge < -0.3 is 5.32 Å². The summed E-state index contributed by atoms with van der Waals surface area (Å²) in [5.41, 5.74) is 0.449. The van der Waals surface area contributed by atoms with Crippen LogP contribution in [0.5, 0.6) is 0 Å². The second-order valence-corrected chi connectivity index (χ2v) is 8.94. The van der Waals surface area contributed by atoms with Crippen molar-refractivity contribution in [1.29, 1.82) is 0 Å². The molecular weight excluding hydrogens is 366 g/mol. The summed E-state index contributed by atoms with van der Waals surface area (Å²) in [7, 11) is 1.45. The second-order valence-electron chi connectivity index (χ2n) is 5.46. The van der Waals surface area contributed by atoms with Gasteiger partial charge in [-0.3, -0.25) is 4.79 Å². The Morgan fingerprint density at radius 2 is 2.05 bits per heavy atom. The maximum absolute atomic E-state index is 12.1. The van der Waals surface area contributed by atoms with Crippen molar-refractivity contribution >= 4 is 41.6 Å². The number of carbonyl (C=O) groups excluding carboxylic acids is 1. The predicted octanol–water partition coefficient (Wildman–Crippen LogP) is 3.30. The third kappa shape index (κ3) is 3.74. The number of carbonyl (C=O) groups is 1. The molecule has 1 amide bonds. The SMILES string of the molecule is CC1(CNC(=O)c2cc(Br)cc(S(=O)(=O)Cl)c2)CCC1. The average molecular weight is 381 g/mol. The smallest absolute Gasteiger partial charge is 0.261 e. The van der Waals surface area contributed by atoms with Crippen LogP contribution in [0.25, 0.3) is 0 Å². The maximum Gasteiger partial charge on any atom is 0.261 e. The van der Waals surface area contributed by atoms with Crippen molar-refractivity contribution in [3.8, 4) is 0 Å². The molecule has 0 heterocycles. The van der Waals surface area contributed by atoms with E-state index < -0.39 is 9.05 Å². The Labute approximate surface area is 131 Å². The Balaban J connectivity index is 2.15. The van der Waals surface area contributed by atoms with Crippen LogP contribution in [0.3, 0.4) is 0 Å². The molecule has 0 aromatic heterocycles. The Morgan fingerprint density at radius 3 is 2.55 bits per heavy atom. The Kier molecular flexibility index (Phi) is 4.47. The van der Waals surface area contributed by atoms with Crippen LogP contribution in [0.1, 0.15) is 36.5 Å². The van der Waals surface area contributed by atoms with Crippen LogP contribution < -0.4 is 5.32 Å². The zero-order valence-electron chi connectivity index (χ0n) is 10.9. The van der Waals surface area contributed by atoms with Crippen LogP contribution >= 0.6 is 26.6 Å². The molecule has 1 N–H and O–H groups in total. The summed E-state index contributed by atoms with van der Waals surface area (Å²) >= 11 is 3.19. The normalized spacial score (nSPS) is 17.4. The van der Waals surface area contributed by atoms with Gasteiger partial charge in [-0.25, -0.2) is 8.42 Å². The van der Waals surface area contributed by atoms with Gasteiger partial charge in [0.05, 0.1) is 4.90 Å². The number of hydrogen-bond donors (Lipinski definition) is 1. The fourth-order valence-electron chi connectivity index (χ4n) is 2.19. The number of benzene rings is 1. The van der Waals surface area contributed by atoms with Crippen molar-refractivity contribution in [2.24, 2.45) is 5.41 Å². The standard InChI is InChI=1S/C13H15BrClNO3S/c1-13(3-2-4-13)8-16-12(17)9-5-10(14)7-11(6-9)20(15,18)19/h5-7H,2-4,8H2,1H3,(H,16,17). The molecule has 7 heteroatoms. The Bertz CT molecular complexity index is 641. The summed E-state index contributed by atoms with van der Waals surface area (Å²) in [6, 6.07) is 4.22. The van der Waals surface area contributed by atoms with Gasteiger partial charge in [-0.1, -0.05) is 29.3 Å². The molecular formula is C13H15BrClNO3S. The van der Waals surface area contributed by atoms with E-state index in [0.717, 1.165) is 12.8 Å². The van der Waals surface area contributed by atoms with Crippen molar-refractivity contribution in [3.05, 3.63) is 28.2 Å². The van der Waals surface area contributed by atoms with E-state index in [1.54, 1.807) is 6.07 Å². The molecule has 0 atom stereocenters. The van der Waals surface area contributed by atoms with Gasteiger partial charge in [-0.2, -0.15) is 0 Å². The van der Waals surface area contributed by atoms with E-state index in [0.29, 0.717) is 11.0 Å². The number of rotatable bonds is 4. The van der Waals surface area contributed by atoms with E-state index in [9.17, 15) is 13.2 Å². The van der Waals surface area contributed by atoms with Crippen LogP contribution in [0.2, 0.25) is 0 Å². The van der Waals surface area contributed by atoms with Crippen LogP contribution in [0, 0.1) is 5.41 Å². The monoisotopic (exact) mass is 379 g/mol. The van der Waals surface area contributed by atoms with E-state index in [2.05, 4.69) is 28.2 Å². The van der Waals surface area contributed by atoms with Gasteiger partial charge in [-0.15, -0.1) is 0 Å². The first kappa shape index (κ1) is 15.8. The summed E-state index contributed by atoms with van der Waals surface area (Å²) in [4.78, 5) is 12.0. The number of halogens is 2. The molecule has 1 fully saturated rings.